The van der Waals surface area contributed by atoms with Gasteiger partial charge in [-0.05, 0) is 13.8 Å². The Balaban J connectivity index is 4.45. The Morgan fingerprint density at radius 2 is 2.07 bits per heavy atom. The molecule has 5 heteroatoms. The number of carbonyl (C=O) groups is 2. The number of hydrogen-bond acceptors (Lipinski definition) is 4. The predicted octanol–water partition coefficient (Wildman–Crippen LogP) is 0.706. The molecule has 0 aliphatic rings. The summed E-state index contributed by atoms with van der Waals surface area (Å²) in [5, 5.41) is 9.57. The van der Waals surface area contributed by atoms with E-state index in [9.17, 15) is 9.59 Å². The van der Waals surface area contributed by atoms with Crippen LogP contribution in [0.25, 0.3) is 0 Å². The number of allylic oxidation sites excluding steroid dienone is 2. The van der Waals surface area contributed by atoms with Crippen molar-refractivity contribution in [3.05, 3.63) is 11.8 Å². The molecule has 0 aliphatic carbocycles. The molecular formula is C10H15N3O2. The maximum atomic E-state index is 11.3. The molecule has 0 unspecified atom stereocenters. The lowest BCUT2D eigenvalue weighted by atomic mass is 10.2. The minimum absolute atomic E-state index is 0.479. The Kier molecular flexibility index (Phi) is 5.85. The van der Waals surface area contributed by atoms with E-state index in [-0.39, 0.29) is 0 Å². The molecule has 0 spiro atoms. The molecule has 0 heterocycles. The number of hydrogen-bond donors (Lipinski definition) is 2. The minimum atomic E-state index is -0.710. The van der Waals surface area contributed by atoms with Crippen molar-refractivity contribution >= 4 is 23.6 Å². The van der Waals surface area contributed by atoms with Gasteiger partial charge in [-0.2, -0.15) is 0 Å². The number of Topliss-reactive ketones (excluding diaryl/α,β-unsaturated/α-hetero) is 1. The van der Waals surface area contributed by atoms with Gasteiger partial charge < -0.3 is 5.32 Å². The summed E-state index contributed by atoms with van der Waals surface area (Å²) in [5.41, 5.74) is -0.0768. The molecule has 0 aromatic heterocycles. The number of aliphatic imine (C=N–C) groups is 1. The van der Waals surface area contributed by atoms with E-state index in [2.05, 4.69) is 10.3 Å². The number of nitrogens with one attached hydrogen (secondary N) is 2. The molecule has 0 saturated heterocycles. The van der Waals surface area contributed by atoms with Gasteiger partial charge in [0.1, 0.15) is 0 Å². The summed E-state index contributed by atoms with van der Waals surface area (Å²) < 4.78 is 0. The molecule has 0 bridgehead atoms. The van der Waals surface area contributed by atoms with Crippen LogP contribution in [0.2, 0.25) is 0 Å². The van der Waals surface area contributed by atoms with Gasteiger partial charge in [-0.25, -0.2) is 0 Å². The summed E-state index contributed by atoms with van der Waals surface area (Å²) >= 11 is 0. The number of carbonyl (C=O) groups excluding carboxylic acids is 2. The molecule has 0 saturated carbocycles. The van der Waals surface area contributed by atoms with Crippen molar-refractivity contribution in [3.63, 3.8) is 0 Å². The first-order valence-corrected chi connectivity index (χ1v) is 4.59. The monoisotopic (exact) mass is 209 g/mol. The van der Waals surface area contributed by atoms with Crippen LogP contribution in [0.3, 0.4) is 0 Å². The third kappa shape index (κ3) is 4.85. The molecule has 0 rings (SSSR count). The normalized spacial score (nSPS) is 11.5. The summed E-state index contributed by atoms with van der Waals surface area (Å²) in [6.45, 7) is 5.38. The second-order valence-corrected chi connectivity index (χ2v) is 2.76. The van der Waals surface area contributed by atoms with E-state index in [1.165, 1.54) is 13.1 Å². The zero-order valence-electron chi connectivity index (χ0n) is 9.13. The highest BCUT2D eigenvalue weighted by molar-refractivity contribution is 6.64. The van der Waals surface area contributed by atoms with Crippen LogP contribution in [-0.4, -0.2) is 30.2 Å². The van der Waals surface area contributed by atoms with E-state index in [1.54, 1.807) is 13.0 Å². The quantitative estimate of drug-likeness (QED) is 0.516. The number of amides is 1. The van der Waals surface area contributed by atoms with Crippen molar-refractivity contribution in [2.75, 3.05) is 6.54 Å². The molecule has 0 atom stereocenters. The maximum absolute atomic E-state index is 11.3. The smallest absolute Gasteiger partial charge is 0.277 e. The van der Waals surface area contributed by atoms with Crippen molar-refractivity contribution in [2.24, 2.45) is 4.99 Å². The van der Waals surface area contributed by atoms with Gasteiger partial charge in [0.2, 0.25) is 0 Å². The third-order valence-electron chi connectivity index (χ3n) is 1.56. The van der Waals surface area contributed by atoms with Gasteiger partial charge >= 0.3 is 0 Å². The van der Waals surface area contributed by atoms with Crippen LogP contribution >= 0.6 is 0 Å². The summed E-state index contributed by atoms with van der Waals surface area (Å²) in [6.07, 6.45) is 3.13. The Labute approximate surface area is 88.8 Å². The largest absolute Gasteiger partial charge is 0.319 e. The van der Waals surface area contributed by atoms with Crippen molar-refractivity contribution in [1.82, 2.24) is 5.32 Å². The van der Waals surface area contributed by atoms with Gasteiger partial charge in [0.05, 0.1) is 5.70 Å². The van der Waals surface area contributed by atoms with Crippen LogP contribution in [-0.2, 0) is 9.59 Å². The Morgan fingerprint density at radius 3 is 2.47 bits per heavy atom. The molecular weight excluding hydrogens is 194 g/mol. The van der Waals surface area contributed by atoms with Crippen LogP contribution in [0, 0.1) is 5.41 Å². The van der Waals surface area contributed by atoms with Gasteiger partial charge in [0, 0.05) is 19.7 Å². The molecule has 0 aliphatic heterocycles. The van der Waals surface area contributed by atoms with Crippen molar-refractivity contribution in [2.45, 2.75) is 20.8 Å². The number of ketones is 1. The first-order valence-electron chi connectivity index (χ1n) is 4.59. The Bertz CT molecular complexity index is 330. The summed E-state index contributed by atoms with van der Waals surface area (Å²) in [7, 11) is 0. The second kappa shape index (κ2) is 6.64. The average Bonchev–Trinajstić information content (AvgIpc) is 2.22. The van der Waals surface area contributed by atoms with Crippen LogP contribution < -0.4 is 5.32 Å². The minimum Gasteiger partial charge on any atom is -0.319 e. The zero-order chi connectivity index (χ0) is 11.8. The second-order valence-electron chi connectivity index (χ2n) is 2.76. The van der Waals surface area contributed by atoms with E-state index in [1.807, 2.05) is 6.92 Å². The van der Waals surface area contributed by atoms with Crippen LogP contribution in [0.5, 0.6) is 0 Å². The molecule has 5 nitrogen and oxygen atoms in total. The number of rotatable bonds is 5. The van der Waals surface area contributed by atoms with Gasteiger partial charge in [-0.15, -0.1) is 0 Å². The van der Waals surface area contributed by atoms with E-state index in [4.69, 9.17) is 5.41 Å². The van der Waals surface area contributed by atoms with Gasteiger partial charge in [0.25, 0.3) is 5.91 Å². The highest BCUT2D eigenvalue weighted by Crippen LogP contribution is 1.87. The molecule has 0 fully saturated rings. The molecule has 82 valence electrons. The van der Waals surface area contributed by atoms with Crippen molar-refractivity contribution < 1.29 is 9.59 Å². The highest BCUT2D eigenvalue weighted by atomic mass is 16.2. The topological polar surface area (TPSA) is 82.4 Å². The zero-order valence-corrected chi connectivity index (χ0v) is 9.13. The van der Waals surface area contributed by atoms with E-state index < -0.39 is 17.4 Å². The SMILES string of the molecule is C/C=C(\C=NCC)NC(=O)C(=N)C(C)=O. The van der Waals surface area contributed by atoms with E-state index >= 15 is 0 Å². The van der Waals surface area contributed by atoms with Crippen LogP contribution in [0.4, 0.5) is 0 Å². The Hall–Kier alpha value is -1.78. The van der Waals surface area contributed by atoms with Crippen molar-refractivity contribution in [3.8, 4) is 0 Å². The lowest BCUT2D eigenvalue weighted by Crippen LogP contribution is -2.34. The first kappa shape index (κ1) is 13.2. The molecule has 0 aromatic carbocycles. The van der Waals surface area contributed by atoms with Crippen molar-refractivity contribution in [1.29, 1.82) is 5.41 Å². The fourth-order valence-electron chi connectivity index (χ4n) is 0.722. The molecule has 0 radical (unpaired) electrons. The van der Waals surface area contributed by atoms with Crippen LogP contribution in [0.15, 0.2) is 16.8 Å². The Morgan fingerprint density at radius 1 is 1.47 bits per heavy atom. The molecule has 0 aromatic rings. The van der Waals surface area contributed by atoms with E-state index in [0.717, 1.165) is 0 Å². The lowest BCUT2D eigenvalue weighted by molar-refractivity contribution is -0.116. The standard InChI is InChI=1S/C10H15N3O2/c1-4-8(6-12-5-2)13-10(15)9(11)7(3)14/h4,6,11H,5H2,1-3H3,(H,13,15)/b8-4+,11-9?,12-6?. The van der Waals surface area contributed by atoms with Crippen LogP contribution in [0.1, 0.15) is 20.8 Å². The molecule has 1 amide bonds. The van der Waals surface area contributed by atoms with Gasteiger partial charge in [0.15, 0.2) is 11.5 Å². The highest BCUT2D eigenvalue weighted by Gasteiger charge is 2.13. The maximum Gasteiger partial charge on any atom is 0.277 e. The summed E-state index contributed by atoms with van der Waals surface area (Å²) in [5.74, 6) is -1.27. The van der Waals surface area contributed by atoms with Gasteiger partial charge in [-0.1, -0.05) is 6.08 Å². The molecule has 15 heavy (non-hydrogen) atoms. The number of nitrogens with zero attached hydrogens (tertiary/aromatic N) is 1. The summed E-state index contributed by atoms with van der Waals surface area (Å²) in [6, 6.07) is 0. The molecule has 2 N–H and O–H groups in total. The third-order valence-corrected chi connectivity index (χ3v) is 1.56. The summed E-state index contributed by atoms with van der Waals surface area (Å²) in [4.78, 5) is 25.9. The lowest BCUT2D eigenvalue weighted by Gasteiger charge is -2.03. The van der Waals surface area contributed by atoms with Gasteiger partial charge in [-0.3, -0.25) is 20.0 Å². The fourth-order valence-corrected chi connectivity index (χ4v) is 0.722. The average molecular weight is 209 g/mol. The fraction of sp³-hybridized carbons (Fsp3) is 0.400. The first-order chi connectivity index (χ1) is 7.02. The van der Waals surface area contributed by atoms with E-state index in [0.29, 0.717) is 12.2 Å². The predicted molar refractivity (Wildman–Crippen MR) is 59.3 cm³/mol.